The second-order valence-electron chi connectivity index (χ2n) is 4.98. The van der Waals surface area contributed by atoms with Crippen LogP contribution in [0.3, 0.4) is 0 Å². The molecule has 1 fully saturated rings. The Morgan fingerprint density at radius 3 is 2.50 bits per heavy atom. The molecular formula is C10H20N2O2. The molecule has 1 amide bonds. The smallest absolute Gasteiger partial charge is 0.221 e. The fourth-order valence-corrected chi connectivity index (χ4v) is 1.11. The maximum Gasteiger partial charge on any atom is 0.221 e. The Morgan fingerprint density at radius 1 is 1.57 bits per heavy atom. The highest BCUT2D eigenvalue weighted by molar-refractivity contribution is 5.77. The lowest BCUT2D eigenvalue weighted by Crippen LogP contribution is -2.50. The molecule has 1 unspecified atom stereocenters. The Labute approximate surface area is 85.2 Å². The zero-order valence-electron chi connectivity index (χ0n) is 9.17. The summed E-state index contributed by atoms with van der Waals surface area (Å²) in [7, 11) is 0. The van der Waals surface area contributed by atoms with E-state index in [4.69, 9.17) is 10.5 Å². The number of carbonyl (C=O) groups excluding carboxylic acids is 1. The Hall–Kier alpha value is -0.610. The van der Waals surface area contributed by atoms with Crippen LogP contribution >= 0.6 is 0 Å². The molecule has 14 heavy (non-hydrogen) atoms. The summed E-state index contributed by atoms with van der Waals surface area (Å²) < 4.78 is 4.96. The second kappa shape index (κ2) is 4.28. The molecule has 0 saturated carbocycles. The highest BCUT2D eigenvalue weighted by Gasteiger charge is 2.25. The van der Waals surface area contributed by atoms with Crippen LogP contribution in [0.5, 0.6) is 0 Å². The molecule has 4 heteroatoms. The largest absolute Gasteiger partial charge is 0.377 e. The van der Waals surface area contributed by atoms with Gasteiger partial charge in [0.15, 0.2) is 0 Å². The topological polar surface area (TPSA) is 64.4 Å². The van der Waals surface area contributed by atoms with E-state index in [-0.39, 0.29) is 23.4 Å². The summed E-state index contributed by atoms with van der Waals surface area (Å²) in [5.41, 5.74) is 5.87. The number of amides is 1. The van der Waals surface area contributed by atoms with Gasteiger partial charge in [0.1, 0.15) is 0 Å². The zero-order chi connectivity index (χ0) is 10.8. The minimum Gasteiger partial charge on any atom is -0.377 e. The molecular weight excluding hydrogens is 180 g/mol. The molecule has 3 N–H and O–H groups in total. The number of rotatable bonds is 3. The first-order chi connectivity index (χ1) is 6.39. The van der Waals surface area contributed by atoms with Crippen LogP contribution in [0.1, 0.15) is 27.2 Å². The van der Waals surface area contributed by atoms with Gasteiger partial charge in [0.05, 0.1) is 19.3 Å². The van der Waals surface area contributed by atoms with Crippen molar-refractivity contribution in [2.75, 3.05) is 13.2 Å². The summed E-state index contributed by atoms with van der Waals surface area (Å²) in [6.45, 7) is 7.39. The Bertz CT molecular complexity index is 207. The van der Waals surface area contributed by atoms with Gasteiger partial charge in [-0.3, -0.25) is 4.79 Å². The van der Waals surface area contributed by atoms with Crippen molar-refractivity contribution in [1.82, 2.24) is 5.32 Å². The Kier molecular flexibility index (Phi) is 3.50. The number of ether oxygens (including phenoxy) is 1. The highest BCUT2D eigenvalue weighted by Crippen LogP contribution is 2.19. The summed E-state index contributed by atoms with van der Waals surface area (Å²) in [6, 6.07) is 0.109. The lowest BCUT2D eigenvalue weighted by atomic mass is 9.85. The minimum atomic E-state index is -0.0940. The van der Waals surface area contributed by atoms with E-state index >= 15 is 0 Å². The lowest BCUT2D eigenvalue weighted by molar-refractivity contribution is -0.126. The Morgan fingerprint density at radius 2 is 2.14 bits per heavy atom. The second-order valence-corrected chi connectivity index (χ2v) is 4.98. The molecule has 1 aliphatic rings. The van der Waals surface area contributed by atoms with Gasteiger partial charge in [-0.25, -0.2) is 0 Å². The van der Waals surface area contributed by atoms with Crippen molar-refractivity contribution in [3.8, 4) is 0 Å². The van der Waals surface area contributed by atoms with Crippen LogP contribution in [0.4, 0.5) is 0 Å². The maximum absolute atomic E-state index is 11.5. The molecule has 0 aromatic rings. The summed E-state index contributed by atoms with van der Waals surface area (Å²) in [5, 5.41) is 2.88. The van der Waals surface area contributed by atoms with E-state index in [0.717, 1.165) is 0 Å². The van der Waals surface area contributed by atoms with Crippen LogP contribution in [-0.2, 0) is 9.53 Å². The number of hydrogen-bond donors (Lipinski definition) is 2. The third-order valence-corrected chi connectivity index (χ3v) is 2.52. The fourth-order valence-electron chi connectivity index (χ4n) is 1.11. The van der Waals surface area contributed by atoms with Crippen LogP contribution in [-0.4, -0.2) is 31.2 Å². The van der Waals surface area contributed by atoms with Crippen LogP contribution in [0.2, 0.25) is 0 Å². The molecule has 1 saturated heterocycles. The van der Waals surface area contributed by atoms with E-state index in [2.05, 4.69) is 5.32 Å². The first-order valence-electron chi connectivity index (χ1n) is 5.02. The minimum absolute atomic E-state index is 0.0204. The maximum atomic E-state index is 11.5. The third-order valence-electron chi connectivity index (χ3n) is 2.52. The average Bonchev–Trinajstić information content (AvgIpc) is 1.95. The van der Waals surface area contributed by atoms with Crippen molar-refractivity contribution in [1.29, 1.82) is 0 Å². The fraction of sp³-hybridized carbons (Fsp3) is 0.900. The molecule has 0 aromatic carbocycles. The monoisotopic (exact) mass is 200 g/mol. The van der Waals surface area contributed by atoms with Crippen LogP contribution < -0.4 is 11.1 Å². The van der Waals surface area contributed by atoms with Gasteiger partial charge >= 0.3 is 0 Å². The van der Waals surface area contributed by atoms with Crippen LogP contribution in [0, 0.1) is 5.41 Å². The predicted octanol–water partition coefficient (Wildman–Crippen LogP) is 0.265. The molecule has 1 rings (SSSR count). The first kappa shape index (κ1) is 11.5. The molecule has 1 aliphatic heterocycles. The van der Waals surface area contributed by atoms with Gasteiger partial charge in [0.2, 0.25) is 5.91 Å². The number of nitrogens with two attached hydrogens (primary N) is 1. The molecule has 1 atom stereocenters. The summed E-state index contributed by atoms with van der Waals surface area (Å²) in [6.07, 6.45) is 0.389. The van der Waals surface area contributed by atoms with Gasteiger partial charge in [0, 0.05) is 12.5 Å². The predicted molar refractivity (Wildman–Crippen MR) is 54.8 cm³/mol. The number of hydrogen-bond acceptors (Lipinski definition) is 3. The lowest BCUT2D eigenvalue weighted by Gasteiger charge is -2.30. The molecule has 4 nitrogen and oxygen atoms in total. The van der Waals surface area contributed by atoms with Crippen molar-refractivity contribution >= 4 is 5.91 Å². The SMILES string of the molecule is CC(C)(C)C(N)CC(=O)NC1COC1. The van der Waals surface area contributed by atoms with Crippen molar-refractivity contribution in [2.24, 2.45) is 11.1 Å². The summed E-state index contributed by atoms with van der Waals surface area (Å²) >= 11 is 0. The van der Waals surface area contributed by atoms with Gasteiger partial charge < -0.3 is 15.8 Å². The van der Waals surface area contributed by atoms with E-state index in [1.807, 2.05) is 20.8 Å². The quantitative estimate of drug-likeness (QED) is 0.687. The van der Waals surface area contributed by atoms with Gasteiger partial charge in [0.25, 0.3) is 0 Å². The van der Waals surface area contributed by atoms with Crippen molar-refractivity contribution in [3.63, 3.8) is 0 Å². The van der Waals surface area contributed by atoms with Crippen LogP contribution in [0.25, 0.3) is 0 Å². The Balaban J connectivity index is 2.25. The third kappa shape index (κ3) is 3.27. The molecule has 0 spiro atoms. The molecule has 0 aliphatic carbocycles. The van der Waals surface area contributed by atoms with Gasteiger partial charge in [-0.05, 0) is 5.41 Å². The standard InChI is InChI=1S/C10H20N2O2/c1-10(2,3)8(11)4-9(13)12-7-5-14-6-7/h7-8H,4-6,11H2,1-3H3,(H,12,13). The molecule has 0 bridgehead atoms. The summed E-state index contributed by atoms with van der Waals surface area (Å²) in [5.74, 6) is 0.0284. The molecule has 0 aromatic heterocycles. The van der Waals surface area contributed by atoms with Crippen molar-refractivity contribution in [2.45, 2.75) is 39.3 Å². The highest BCUT2D eigenvalue weighted by atomic mass is 16.5. The van der Waals surface area contributed by atoms with E-state index in [0.29, 0.717) is 19.6 Å². The summed E-state index contributed by atoms with van der Waals surface area (Å²) in [4.78, 5) is 11.5. The number of carbonyl (C=O) groups is 1. The van der Waals surface area contributed by atoms with Crippen LogP contribution in [0.15, 0.2) is 0 Å². The molecule has 0 radical (unpaired) electrons. The molecule has 1 heterocycles. The first-order valence-corrected chi connectivity index (χ1v) is 5.02. The average molecular weight is 200 g/mol. The van der Waals surface area contributed by atoms with Crippen molar-refractivity contribution in [3.05, 3.63) is 0 Å². The number of nitrogens with one attached hydrogen (secondary N) is 1. The normalized spacial score (nSPS) is 20.0. The molecule has 82 valence electrons. The van der Waals surface area contributed by atoms with E-state index in [9.17, 15) is 4.79 Å². The van der Waals surface area contributed by atoms with E-state index in [1.165, 1.54) is 0 Å². The van der Waals surface area contributed by atoms with E-state index in [1.54, 1.807) is 0 Å². The van der Waals surface area contributed by atoms with E-state index < -0.39 is 0 Å². The van der Waals surface area contributed by atoms with Crippen molar-refractivity contribution < 1.29 is 9.53 Å². The van der Waals surface area contributed by atoms with Gasteiger partial charge in [-0.15, -0.1) is 0 Å². The zero-order valence-corrected chi connectivity index (χ0v) is 9.17. The van der Waals surface area contributed by atoms with Gasteiger partial charge in [-0.2, -0.15) is 0 Å². The van der Waals surface area contributed by atoms with Gasteiger partial charge in [-0.1, -0.05) is 20.8 Å².